The van der Waals surface area contributed by atoms with Gasteiger partial charge in [-0.2, -0.15) is 0 Å². The normalized spacial score (nSPS) is 52.1. The first-order valence-electron chi connectivity index (χ1n) is 5.83. The summed E-state index contributed by atoms with van der Waals surface area (Å²) in [6, 6.07) is 0. The van der Waals surface area contributed by atoms with Gasteiger partial charge in [-0.3, -0.25) is 4.79 Å². The van der Waals surface area contributed by atoms with Crippen LogP contribution in [-0.2, 0) is 4.79 Å². The van der Waals surface area contributed by atoms with Crippen molar-refractivity contribution in [1.29, 1.82) is 0 Å². The zero-order valence-electron chi connectivity index (χ0n) is 8.77. The molecule has 2 atom stereocenters. The molecule has 0 radical (unpaired) electrons. The average Bonchev–Trinajstić information content (AvgIpc) is 2.12. The summed E-state index contributed by atoms with van der Waals surface area (Å²) in [5.41, 5.74) is 0.0388. The largest absolute Gasteiger partial charge is 0.298 e. The van der Waals surface area contributed by atoms with E-state index in [-0.39, 0.29) is 5.41 Å². The summed E-state index contributed by atoms with van der Waals surface area (Å²) in [6.07, 6.45) is 7.42. The van der Waals surface area contributed by atoms with Crippen molar-refractivity contribution in [2.45, 2.75) is 42.8 Å². The summed E-state index contributed by atoms with van der Waals surface area (Å²) in [5, 5.41) is 0.551. The van der Waals surface area contributed by atoms with Crippen LogP contribution in [0.25, 0.3) is 0 Å². The highest BCUT2D eigenvalue weighted by Crippen LogP contribution is 2.64. The Morgan fingerprint density at radius 1 is 1.20 bits per heavy atom. The lowest BCUT2D eigenvalue weighted by Crippen LogP contribution is -2.56. The number of halogens is 2. The minimum Gasteiger partial charge on any atom is -0.298 e. The molecule has 15 heavy (non-hydrogen) atoms. The molecule has 0 spiro atoms. The van der Waals surface area contributed by atoms with E-state index in [4.69, 9.17) is 0 Å². The third kappa shape index (κ3) is 1.56. The van der Waals surface area contributed by atoms with Gasteiger partial charge in [-0.15, -0.1) is 0 Å². The molecule has 84 valence electrons. The maximum Gasteiger partial charge on any atom is 0.149 e. The Hall–Kier alpha value is 0.630. The summed E-state index contributed by atoms with van der Waals surface area (Å²) in [7, 11) is 0. The molecule has 4 fully saturated rings. The number of carbonyl (C=O) groups is 1. The summed E-state index contributed by atoms with van der Waals surface area (Å²) in [6.45, 7) is 0. The standard InChI is InChI=1S/C12H16Br2O/c13-6-10(15)11-2-8-1-9(3-11)5-12(14,4-8)7-11/h8-9H,1-7H2. The Bertz CT molecular complexity index is 299. The predicted molar refractivity (Wildman–Crippen MR) is 67.6 cm³/mol. The third-order valence-corrected chi connectivity index (χ3v) is 6.14. The van der Waals surface area contributed by atoms with Gasteiger partial charge in [0.1, 0.15) is 5.78 Å². The fourth-order valence-electron chi connectivity index (χ4n) is 4.62. The van der Waals surface area contributed by atoms with Crippen molar-refractivity contribution < 1.29 is 4.79 Å². The minimum absolute atomic E-state index is 0.0388. The molecule has 3 heteroatoms. The monoisotopic (exact) mass is 334 g/mol. The van der Waals surface area contributed by atoms with E-state index in [1.165, 1.54) is 32.1 Å². The van der Waals surface area contributed by atoms with Crippen LogP contribution in [0.1, 0.15) is 38.5 Å². The van der Waals surface area contributed by atoms with Crippen LogP contribution in [0.15, 0.2) is 0 Å². The lowest BCUT2D eigenvalue weighted by molar-refractivity contribution is -0.138. The van der Waals surface area contributed by atoms with E-state index in [1.54, 1.807) is 0 Å². The number of carbonyl (C=O) groups excluding carboxylic acids is 1. The van der Waals surface area contributed by atoms with Crippen LogP contribution in [0.4, 0.5) is 0 Å². The van der Waals surface area contributed by atoms with E-state index in [2.05, 4.69) is 31.9 Å². The van der Waals surface area contributed by atoms with Gasteiger partial charge in [0.05, 0.1) is 5.33 Å². The number of Topliss-reactive ketones (excluding diaryl/α,β-unsaturated/α-hetero) is 1. The van der Waals surface area contributed by atoms with Crippen LogP contribution in [0.2, 0.25) is 0 Å². The number of hydrogen-bond acceptors (Lipinski definition) is 1. The van der Waals surface area contributed by atoms with Crippen LogP contribution in [0, 0.1) is 17.3 Å². The molecule has 0 amide bonds. The quantitative estimate of drug-likeness (QED) is 0.703. The number of hydrogen-bond donors (Lipinski definition) is 0. The van der Waals surface area contributed by atoms with E-state index >= 15 is 0 Å². The Morgan fingerprint density at radius 2 is 1.80 bits per heavy atom. The van der Waals surface area contributed by atoms with Crippen LogP contribution >= 0.6 is 31.9 Å². The molecule has 0 aromatic rings. The highest BCUT2D eigenvalue weighted by atomic mass is 79.9. The van der Waals surface area contributed by atoms with Crippen molar-refractivity contribution in [3.63, 3.8) is 0 Å². The molecule has 4 aliphatic carbocycles. The summed E-state index contributed by atoms with van der Waals surface area (Å²) in [5.74, 6) is 2.09. The SMILES string of the molecule is O=C(CBr)C12CC3CC(CC(Br)(C3)C1)C2. The molecule has 0 N–H and O–H groups in total. The van der Waals surface area contributed by atoms with Crippen molar-refractivity contribution >= 4 is 37.6 Å². The van der Waals surface area contributed by atoms with Gasteiger partial charge in [0.2, 0.25) is 0 Å². The number of ketones is 1. The highest BCUT2D eigenvalue weighted by Gasteiger charge is 2.59. The topological polar surface area (TPSA) is 17.1 Å². The lowest BCUT2D eigenvalue weighted by atomic mass is 9.48. The van der Waals surface area contributed by atoms with Crippen LogP contribution in [-0.4, -0.2) is 15.4 Å². The van der Waals surface area contributed by atoms with Crippen molar-refractivity contribution in [2.75, 3.05) is 5.33 Å². The molecule has 0 aliphatic heterocycles. The van der Waals surface area contributed by atoms with Gasteiger partial charge in [-0.05, 0) is 50.4 Å². The van der Waals surface area contributed by atoms with Crippen molar-refractivity contribution in [1.82, 2.24) is 0 Å². The predicted octanol–water partition coefficient (Wildman–Crippen LogP) is 3.68. The average molecular weight is 336 g/mol. The van der Waals surface area contributed by atoms with E-state index in [0.29, 0.717) is 15.4 Å². The maximum atomic E-state index is 12.1. The molecule has 4 bridgehead atoms. The van der Waals surface area contributed by atoms with Gasteiger partial charge < -0.3 is 0 Å². The van der Waals surface area contributed by atoms with Crippen molar-refractivity contribution in [3.05, 3.63) is 0 Å². The van der Waals surface area contributed by atoms with E-state index < -0.39 is 0 Å². The molecule has 1 nitrogen and oxygen atoms in total. The van der Waals surface area contributed by atoms with Gasteiger partial charge in [-0.25, -0.2) is 0 Å². The molecular weight excluding hydrogens is 320 g/mol. The first kappa shape index (κ1) is 10.8. The molecule has 0 heterocycles. The Kier molecular flexibility index (Phi) is 2.38. The molecule has 4 saturated carbocycles. The molecule has 4 aliphatic rings. The van der Waals surface area contributed by atoms with Crippen molar-refractivity contribution in [3.8, 4) is 0 Å². The summed E-state index contributed by atoms with van der Waals surface area (Å²) >= 11 is 7.28. The maximum absolute atomic E-state index is 12.1. The number of rotatable bonds is 2. The Labute approximate surface area is 108 Å². The second kappa shape index (κ2) is 3.32. The zero-order chi connectivity index (χ0) is 10.7. The first-order valence-corrected chi connectivity index (χ1v) is 7.75. The highest BCUT2D eigenvalue weighted by molar-refractivity contribution is 9.10. The van der Waals surface area contributed by atoms with Gasteiger partial charge in [0.15, 0.2) is 0 Å². The van der Waals surface area contributed by atoms with Crippen LogP contribution in [0.3, 0.4) is 0 Å². The molecular formula is C12H16Br2O. The Balaban J connectivity index is 1.96. The third-order valence-electron chi connectivity index (χ3n) is 4.70. The summed E-state index contributed by atoms with van der Waals surface area (Å²) < 4.78 is 0.314. The van der Waals surface area contributed by atoms with E-state index in [0.717, 1.165) is 18.3 Å². The smallest absolute Gasteiger partial charge is 0.149 e. The lowest BCUT2D eigenvalue weighted by Gasteiger charge is -2.59. The van der Waals surface area contributed by atoms with Gasteiger partial charge in [-0.1, -0.05) is 31.9 Å². The fourth-order valence-corrected chi connectivity index (χ4v) is 6.67. The van der Waals surface area contributed by atoms with Gasteiger partial charge in [0.25, 0.3) is 0 Å². The zero-order valence-corrected chi connectivity index (χ0v) is 11.9. The van der Waals surface area contributed by atoms with E-state index in [9.17, 15) is 4.79 Å². The second-order valence-electron chi connectivity index (χ2n) is 5.95. The van der Waals surface area contributed by atoms with Crippen molar-refractivity contribution in [2.24, 2.45) is 17.3 Å². The van der Waals surface area contributed by atoms with E-state index in [1.807, 2.05) is 0 Å². The summed E-state index contributed by atoms with van der Waals surface area (Å²) in [4.78, 5) is 12.1. The molecule has 0 aromatic heterocycles. The number of alkyl halides is 2. The second-order valence-corrected chi connectivity index (χ2v) is 8.19. The van der Waals surface area contributed by atoms with Gasteiger partial charge >= 0.3 is 0 Å². The minimum atomic E-state index is 0.0388. The molecule has 0 saturated heterocycles. The fraction of sp³-hybridized carbons (Fsp3) is 0.917. The molecule has 2 unspecified atom stereocenters. The Morgan fingerprint density at radius 3 is 2.27 bits per heavy atom. The van der Waals surface area contributed by atoms with Crippen LogP contribution < -0.4 is 0 Å². The molecule has 4 rings (SSSR count). The molecule has 0 aromatic carbocycles. The first-order chi connectivity index (χ1) is 7.05. The van der Waals surface area contributed by atoms with Crippen LogP contribution in [0.5, 0.6) is 0 Å². The van der Waals surface area contributed by atoms with Gasteiger partial charge in [0, 0.05) is 9.74 Å².